The minimum Gasteiger partial charge on any atom is -0.349 e. The van der Waals surface area contributed by atoms with E-state index in [9.17, 15) is 14.4 Å². The number of carbonyl (C=O) groups is 3. The maximum absolute atomic E-state index is 12.6. The third-order valence-electron chi connectivity index (χ3n) is 5.12. The standard InChI is InChI=1S/C21H22N4O3/c26-19-10-9-17(23-19)14-5-4-6-15(13-14)22-21(28)24-18-11-12-25(20(18)27)16-7-2-1-3-8-16/h1-8,13,17-18H,9-12H2,(H,23,26)(H2,22,24,28). The Morgan fingerprint density at radius 2 is 1.86 bits per heavy atom. The van der Waals surface area contributed by atoms with E-state index < -0.39 is 12.1 Å². The molecule has 2 atom stereocenters. The van der Waals surface area contributed by atoms with E-state index in [4.69, 9.17) is 0 Å². The van der Waals surface area contributed by atoms with Gasteiger partial charge < -0.3 is 20.9 Å². The quantitative estimate of drug-likeness (QED) is 0.764. The number of rotatable bonds is 4. The van der Waals surface area contributed by atoms with Crippen LogP contribution >= 0.6 is 0 Å². The Morgan fingerprint density at radius 1 is 1.04 bits per heavy atom. The van der Waals surface area contributed by atoms with Crippen molar-refractivity contribution in [1.82, 2.24) is 10.6 Å². The first kappa shape index (κ1) is 18.0. The molecule has 2 heterocycles. The fraction of sp³-hybridized carbons (Fsp3) is 0.286. The lowest BCUT2D eigenvalue weighted by Gasteiger charge is -2.17. The highest BCUT2D eigenvalue weighted by Gasteiger charge is 2.33. The largest absolute Gasteiger partial charge is 0.349 e. The molecule has 7 nitrogen and oxygen atoms in total. The molecule has 0 saturated carbocycles. The number of amides is 4. The maximum Gasteiger partial charge on any atom is 0.319 e. The van der Waals surface area contributed by atoms with Gasteiger partial charge in [0, 0.05) is 24.3 Å². The Bertz CT molecular complexity index is 900. The molecular weight excluding hydrogens is 356 g/mol. The van der Waals surface area contributed by atoms with E-state index in [-0.39, 0.29) is 17.9 Å². The molecule has 28 heavy (non-hydrogen) atoms. The van der Waals surface area contributed by atoms with Crippen molar-refractivity contribution in [3.8, 4) is 0 Å². The molecule has 0 spiro atoms. The second kappa shape index (κ2) is 7.72. The highest BCUT2D eigenvalue weighted by Crippen LogP contribution is 2.26. The lowest BCUT2D eigenvalue weighted by molar-refractivity contribution is -0.119. The summed E-state index contributed by atoms with van der Waals surface area (Å²) >= 11 is 0. The van der Waals surface area contributed by atoms with Crippen LogP contribution in [0.2, 0.25) is 0 Å². The van der Waals surface area contributed by atoms with E-state index >= 15 is 0 Å². The van der Waals surface area contributed by atoms with Crippen molar-refractivity contribution >= 4 is 29.2 Å². The molecule has 2 aliphatic rings. The smallest absolute Gasteiger partial charge is 0.319 e. The molecule has 0 aliphatic carbocycles. The van der Waals surface area contributed by atoms with Crippen LogP contribution in [-0.2, 0) is 9.59 Å². The summed E-state index contributed by atoms with van der Waals surface area (Å²) in [5.74, 6) is -0.0624. The van der Waals surface area contributed by atoms with Gasteiger partial charge in [0.1, 0.15) is 6.04 Å². The summed E-state index contributed by atoms with van der Waals surface area (Å²) < 4.78 is 0. The number of nitrogens with zero attached hydrogens (tertiary/aromatic N) is 1. The first-order chi connectivity index (χ1) is 13.6. The predicted octanol–water partition coefficient (Wildman–Crippen LogP) is 2.56. The molecule has 2 aliphatic heterocycles. The molecule has 4 rings (SSSR count). The minimum atomic E-state index is -0.544. The van der Waals surface area contributed by atoms with Crippen LogP contribution < -0.4 is 20.9 Å². The molecule has 0 bridgehead atoms. The van der Waals surface area contributed by atoms with Gasteiger partial charge in [0.25, 0.3) is 0 Å². The topological polar surface area (TPSA) is 90.5 Å². The SMILES string of the molecule is O=C1CCC(c2cccc(NC(=O)NC3CCN(c4ccccc4)C3=O)c2)N1. The van der Waals surface area contributed by atoms with Crippen LogP contribution in [0, 0.1) is 0 Å². The Kier molecular flexibility index (Phi) is 4.97. The number of nitrogens with one attached hydrogen (secondary N) is 3. The maximum atomic E-state index is 12.6. The Balaban J connectivity index is 1.36. The Labute approximate surface area is 163 Å². The summed E-state index contributed by atoms with van der Waals surface area (Å²) in [7, 11) is 0. The van der Waals surface area contributed by atoms with E-state index in [0.29, 0.717) is 25.1 Å². The molecule has 4 amide bonds. The molecule has 3 N–H and O–H groups in total. The highest BCUT2D eigenvalue weighted by atomic mass is 16.2. The molecule has 7 heteroatoms. The summed E-state index contributed by atoms with van der Waals surface area (Å²) in [6.07, 6.45) is 1.83. The molecule has 0 aromatic heterocycles. The van der Waals surface area contributed by atoms with Crippen molar-refractivity contribution < 1.29 is 14.4 Å². The van der Waals surface area contributed by atoms with E-state index in [1.54, 1.807) is 11.0 Å². The van der Waals surface area contributed by atoms with Crippen molar-refractivity contribution in [2.45, 2.75) is 31.3 Å². The van der Waals surface area contributed by atoms with E-state index in [0.717, 1.165) is 17.7 Å². The van der Waals surface area contributed by atoms with Gasteiger partial charge in [-0.15, -0.1) is 0 Å². The molecule has 2 aromatic carbocycles. The monoisotopic (exact) mass is 378 g/mol. The number of urea groups is 1. The second-order valence-electron chi connectivity index (χ2n) is 7.05. The average Bonchev–Trinajstić information content (AvgIpc) is 3.29. The zero-order valence-electron chi connectivity index (χ0n) is 15.4. The molecule has 2 aromatic rings. The molecule has 2 fully saturated rings. The third-order valence-corrected chi connectivity index (χ3v) is 5.12. The van der Waals surface area contributed by atoms with Gasteiger partial charge in [-0.1, -0.05) is 30.3 Å². The average molecular weight is 378 g/mol. The van der Waals surface area contributed by atoms with Gasteiger partial charge in [-0.2, -0.15) is 0 Å². The van der Waals surface area contributed by atoms with Crippen molar-refractivity contribution in [3.05, 3.63) is 60.2 Å². The van der Waals surface area contributed by atoms with Crippen LogP contribution in [0.1, 0.15) is 30.9 Å². The fourth-order valence-corrected chi connectivity index (χ4v) is 3.70. The van der Waals surface area contributed by atoms with Crippen LogP contribution in [0.4, 0.5) is 16.2 Å². The lowest BCUT2D eigenvalue weighted by Crippen LogP contribution is -2.43. The van der Waals surface area contributed by atoms with Crippen molar-refractivity contribution in [2.24, 2.45) is 0 Å². The zero-order chi connectivity index (χ0) is 19.5. The normalized spacial score (nSPS) is 21.5. The van der Waals surface area contributed by atoms with Crippen molar-refractivity contribution in [1.29, 1.82) is 0 Å². The summed E-state index contributed by atoms with van der Waals surface area (Å²) in [6.45, 7) is 0.574. The highest BCUT2D eigenvalue weighted by molar-refractivity contribution is 6.02. The molecule has 2 unspecified atom stereocenters. The molecule has 144 valence electrons. The molecule has 2 saturated heterocycles. The number of carbonyl (C=O) groups excluding carboxylic acids is 3. The summed E-state index contributed by atoms with van der Waals surface area (Å²) in [6, 6.07) is 15.9. The predicted molar refractivity (Wildman–Crippen MR) is 106 cm³/mol. The third kappa shape index (κ3) is 3.83. The second-order valence-corrected chi connectivity index (χ2v) is 7.05. The number of hydrogen-bond acceptors (Lipinski definition) is 3. The van der Waals surface area contributed by atoms with Crippen LogP contribution in [0.3, 0.4) is 0 Å². The van der Waals surface area contributed by atoms with Gasteiger partial charge in [0.2, 0.25) is 11.8 Å². The van der Waals surface area contributed by atoms with Gasteiger partial charge in [0.15, 0.2) is 0 Å². The summed E-state index contributed by atoms with van der Waals surface area (Å²) in [5, 5.41) is 8.47. The number of para-hydroxylation sites is 1. The first-order valence-corrected chi connectivity index (χ1v) is 9.43. The summed E-state index contributed by atoms with van der Waals surface area (Å²) in [5.41, 5.74) is 2.42. The number of anilines is 2. The van der Waals surface area contributed by atoms with Crippen molar-refractivity contribution in [2.75, 3.05) is 16.8 Å². The van der Waals surface area contributed by atoms with E-state index in [1.165, 1.54) is 0 Å². The number of benzene rings is 2. The fourth-order valence-electron chi connectivity index (χ4n) is 3.70. The van der Waals surface area contributed by atoms with Crippen LogP contribution in [-0.4, -0.2) is 30.4 Å². The zero-order valence-corrected chi connectivity index (χ0v) is 15.4. The lowest BCUT2D eigenvalue weighted by atomic mass is 10.0. The van der Waals surface area contributed by atoms with Gasteiger partial charge >= 0.3 is 6.03 Å². The summed E-state index contributed by atoms with van der Waals surface area (Å²) in [4.78, 5) is 38.1. The van der Waals surface area contributed by atoms with Crippen LogP contribution in [0.25, 0.3) is 0 Å². The minimum absolute atomic E-state index is 0.0202. The first-order valence-electron chi connectivity index (χ1n) is 9.43. The van der Waals surface area contributed by atoms with Crippen molar-refractivity contribution in [3.63, 3.8) is 0 Å². The van der Waals surface area contributed by atoms with Gasteiger partial charge in [-0.25, -0.2) is 4.79 Å². The van der Waals surface area contributed by atoms with Crippen LogP contribution in [0.5, 0.6) is 0 Å². The Morgan fingerprint density at radius 3 is 2.61 bits per heavy atom. The van der Waals surface area contributed by atoms with Gasteiger partial charge in [0.05, 0.1) is 6.04 Å². The van der Waals surface area contributed by atoms with E-state index in [1.807, 2.05) is 48.5 Å². The van der Waals surface area contributed by atoms with Crippen LogP contribution in [0.15, 0.2) is 54.6 Å². The molecule has 0 radical (unpaired) electrons. The van der Waals surface area contributed by atoms with Gasteiger partial charge in [-0.3, -0.25) is 9.59 Å². The van der Waals surface area contributed by atoms with E-state index in [2.05, 4.69) is 16.0 Å². The Hall–Kier alpha value is -3.35. The van der Waals surface area contributed by atoms with Gasteiger partial charge in [-0.05, 0) is 42.7 Å². The molecular formula is C21H22N4O3. The number of hydrogen-bond donors (Lipinski definition) is 3.